The minimum Gasteiger partial charge on any atom is -0.390 e. The van der Waals surface area contributed by atoms with Gasteiger partial charge in [-0.1, -0.05) is 0 Å². The third kappa shape index (κ3) is 3.21. The van der Waals surface area contributed by atoms with Crippen LogP contribution in [0.25, 0.3) is 5.69 Å². The average molecular weight is 282 g/mol. The van der Waals surface area contributed by atoms with Gasteiger partial charge in [-0.05, 0) is 47.5 Å². The van der Waals surface area contributed by atoms with Crippen molar-refractivity contribution in [3.05, 3.63) is 29.6 Å². The van der Waals surface area contributed by atoms with Gasteiger partial charge in [0.1, 0.15) is 6.33 Å². The monoisotopic (exact) mass is 281 g/mol. The van der Waals surface area contributed by atoms with Gasteiger partial charge in [-0.15, -0.1) is 16.7 Å². The number of benzene rings is 1. The Kier molecular flexibility index (Phi) is 4.34. The van der Waals surface area contributed by atoms with E-state index in [4.69, 9.17) is 11.6 Å². The summed E-state index contributed by atoms with van der Waals surface area (Å²) in [5, 5.41) is 23.8. The van der Waals surface area contributed by atoms with Crippen molar-refractivity contribution in [2.75, 3.05) is 17.7 Å². The Hall–Kier alpha value is -1.66. The van der Waals surface area contributed by atoms with Crippen molar-refractivity contribution in [1.29, 1.82) is 0 Å². The number of aliphatic hydroxyl groups is 1. The number of nitrogens with zero attached hydrogens (tertiary/aromatic N) is 4. The Morgan fingerprint density at radius 1 is 1.42 bits per heavy atom. The van der Waals surface area contributed by atoms with Crippen molar-refractivity contribution >= 4 is 17.3 Å². The molecule has 2 N–H and O–H groups in total. The summed E-state index contributed by atoms with van der Waals surface area (Å²) in [5.41, 5.74) is 4.06. The molecular formula is C12H16ClN5O. The maximum Gasteiger partial charge on any atom is 0.143 e. The first-order valence-electron chi connectivity index (χ1n) is 5.94. The molecule has 0 bridgehead atoms. The topological polar surface area (TPSA) is 75.9 Å². The lowest BCUT2D eigenvalue weighted by Gasteiger charge is -2.15. The van der Waals surface area contributed by atoms with Crippen LogP contribution >= 0.6 is 11.6 Å². The van der Waals surface area contributed by atoms with Gasteiger partial charge in [-0.25, -0.2) is 4.68 Å². The van der Waals surface area contributed by atoms with Crippen LogP contribution in [0.3, 0.4) is 0 Å². The second kappa shape index (κ2) is 5.99. The molecule has 1 unspecified atom stereocenters. The summed E-state index contributed by atoms with van der Waals surface area (Å²) < 4.78 is 1.59. The van der Waals surface area contributed by atoms with Crippen LogP contribution in [-0.2, 0) is 0 Å². The number of nitrogens with one attached hydrogen (secondary N) is 1. The highest BCUT2D eigenvalue weighted by Gasteiger charge is 2.08. The summed E-state index contributed by atoms with van der Waals surface area (Å²) in [4.78, 5) is 0. The number of aromatic nitrogens is 4. The van der Waals surface area contributed by atoms with Crippen molar-refractivity contribution in [3.8, 4) is 5.69 Å². The molecule has 0 radical (unpaired) electrons. The Bertz CT molecular complexity index is 543. The van der Waals surface area contributed by atoms with E-state index in [9.17, 15) is 5.11 Å². The van der Waals surface area contributed by atoms with E-state index in [1.54, 1.807) is 11.0 Å². The number of halogens is 1. The van der Waals surface area contributed by atoms with Gasteiger partial charge in [-0.3, -0.25) is 0 Å². The molecule has 102 valence electrons. The second-order valence-electron chi connectivity index (χ2n) is 4.38. The second-order valence-corrected chi connectivity index (χ2v) is 4.69. The molecule has 0 fully saturated rings. The summed E-state index contributed by atoms with van der Waals surface area (Å²) in [7, 11) is 0. The highest BCUT2D eigenvalue weighted by atomic mass is 35.5. The normalized spacial score (nSPS) is 12.4. The molecule has 7 heteroatoms. The third-order valence-electron chi connectivity index (χ3n) is 2.97. The molecule has 1 atom stereocenters. The number of hydrogen-bond acceptors (Lipinski definition) is 5. The van der Waals surface area contributed by atoms with E-state index in [1.165, 1.54) is 0 Å². The van der Waals surface area contributed by atoms with E-state index in [0.717, 1.165) is 22.5 Å². The zero-order valence-electron chi connectivity index (χ0n) is 10.8. The summed E-state index contributed by atoms with van der Waals surface area (Å²) in [6.45, 7) is 4.45. The first-order chi connectivity index (χ1) is 9.11. The summed E-state index contributed by atoms with van der Waals surface area (Å²) >= 11 is 5.58. The van der Waals surface area contributed by atoms with Gasteiger partial charge < -0.3 is 10.4 Å². The summed E-state index contributed by atoms with van der Waals surface area (Å²) in [6, 6.07) is 3.95. The predicted octanol–water partition coefficient (Wildman–Crippen LogP) is 1.29. The first kappa shape index (κ1) is 13.8. The molecule has 19 heavy (non-hydrogen) atoms. The van der Waals surface area contributed by atoms with E-state index in [2.05, 4.69) is 20.8 Å². The minimum atomic E-state index is -0.571. The Morgan fingerprint density at radius 2 is 2.21 bits per heavy atom. The molecule has 0 aliphatic rings. The highest BCUT2D eigenvalue weighted by Crippen LogP contribution is 2.23. The minimum absolute atomic E-state index is 0.206. The van der Waals surface area contributed by atoms with Crippen LogP contribution in [0.4, 0.5) is 5.69 Å². The molecule has 2 rings (SSSR count). The molecular weight excluding hydrogens is 266 g/mol. The van der Waals surface area contributed by atoms with Gasteiger partial charge in [0.05, 0.1) is 17.7 Å². The molecule has 0 spiro atoms. The standard InChI is InChI=1S/C12H16ClN5O/c1-8-3-10(18-7-15-16-17-18)4-12(9(8)2)14-6-11(19)5-13/h3-4,7,11,14,19H,5-6H2,1-2H3. The Labute approximate surface area is 116 Å². The van der Waals surface area contributed by atoms with E-state index in [0.29, 0.717) is 6.54 Å². The SMILES string of the molecule is Cc1cc(-n2cnnn2)cc(NCC(O)CCl)c1C. The van der Waals surface area contributed by atoms with E-state index < -0.39 is 6.10 Å². The Morgan fingerprint density at radius 3 is 2.84 bits per heavy atom. The number of aliphatic hydroxyl groups excluding tert-OH is 1. The summed E-state index contributed by atoms with van der Waals surface area (Å²) in [6.07, 6.45) is 0.972. The van der Waals surface area contributed by atoms with Crippen molar-refractivity contribution in [2.24, 2.45) is 0 Å². The number of rotatable bonds is 5. The number of tetrazole rings is 1. The maximum absolute atomic E-state index is 9.50. The van der Waals surface area contributed by atoms with Gasteiger partial charge in [0, 0.05) is 12.2 Å². The molecule has 0 aliphatic carbocycles. The van der Waals surface area contributed by atoms with Crippen molar-refractivity contribution in [2.45, 2.75) is 20.0 Å². The molecule has 1 heterocycles. The van der Waals surface area contributed by atoms with Crippen molar-refractivity contribution < 1.29 is 5.11 Å². The lowest BCUT2D eigenvalue weighted by Crippen LogP contribution is -2.21. The maximum atomic E-state index is 9.50. The first-order valence-corrected chi connectivity index (χ1v) is 6.47. The average Bonchev–Trinajstić information content (AvgIpc) is 2.93. The molecule has 1 aromatic heterocycles. The van der Waals surface area contributed by atoms with Gasteiger partial charge in [0.25, 0.3) is 0 Å². The van der Waals surface area contributed by atoms with Crippen LogP contribution in [0.5, 0.6) is 0 Å². The molecule has 0 saturated heterocycles. The van der Waals surface area contributed by atoms with E-state index >= 15 is 0 Å². The molecule has 2 aromatic rings. The van der Waals surface area contributed by atoms with Crippen molar-refractivity contribution in [1.82, 2.24) is 20.2 Å². The largest absolute Gasteiger partial charge is 0.390 e. The lowest BCUT2D eigenvalue weighted by atomic mass is 10.1. The number of anilines is 1. The van der Waals surface area contributed by atoms with Crippen LogP contribution in [0.15, 0.2) is 18.5 Å². The van der Waals surface area contributed by atoms with Crippen LogP contribution in [-0.4, -0.2) is 43.8 Å². The fourth-order valence-corrected chi connectivity index (χ4v) is 1.83. The zero-order valence-corrected chi connectivity index (χ0v) is 11.6. The van der Waals surface area contributed by atoms with Crippen LogP contribution in [0.1, 0.15) is 11.1 Å². The Balaban J connectivity index is 2.27. The summed E-state index contributed by atoms with van der Waals surface area (Å²) in [5.74, 6) is 0.206. The predicted molar refractivity (Wildman–Crippen MR) is 73.8 cm³/mol. The number of alkyl halides is 1. The number of hydrogen-bond donors (Lipinski definition) is 2. The zero-order chi connectivity index (χ0) is 13.8. The fraction of sp³-hybridized carbons (Fsp3) is 0.417. The molecule has 0 aliphatic heterocycles. The van der Waals surface area contributed by atoms with E-state index in [1.807, 2.05) is 26.0 Å². The third-order valence-corrected chi connectivity index (χ3v) is 3.33. The number of aryl methyl sites for hydroxylation is 1. The molecule has 0 saturated carbocycles. The van der Waals surface area contributed by atoms with Crippen molar-refractivity contribution in [3.63, 3.8) is 0 Å². The van der Waals surface area contributed by atoms with Gasteiger partial charge >= 0.3 is 0 Å². The quantitative estimate of drug-likeness (QED) is 0.808. The van der Waals surface area contributed by atoms with Crippen LogP contribution in [0, 0.1) is 13.8 Å². The van der Waals surface area contributed by atoms with Crippen LogP contribution in [0.2, 0.25) is 0 Å². The smallest absolute Gasteiger partial charge is 0.143 e. The molecule has 0 amide bonds. The van der Waals surface area contributed by atoms with Gasteiger partial charge in [0.15, 0.2) is 0 Å². The fourth-order valence-electron chi connectivity index (χ4n) is 1.72. The van der Waals surface area contributed by atoms with Gasteiger partial charge in [-0.2, -0.15) is 0 Å². The highest BCUT2D eigenvalue weighted by molar-refractivity contribution is 6.18. The molecule has 1 aromatic carbocycles. The molecule has 6 nitrogen and oxygen atoms in total. The van der Waals surface area contributed by atoms with Crippen LogP contribution < -0.4 is 5.32 Å². The van der Waals surface area contributed by atoms with E-state index in [-0.39, 0.29) is 5.88 Å². The van der Waals surface area contributed by atoms with Gasteiger partial charge in [0.2, 0.25) is 0 Å². The lowest BCUT2D eigenvalue weighted by molar-refractivity contribution is 0.211.